The second kappa shape index (κ2) is 4.30. The summed E-state index contributed by atoms with van der Waals surface area (Å²) in [4.78, 5) is 0. The zero-order chi connectivity index (χ0) is 11.7. The number of hydrogen-bond donors (Lipinski definition) is 1. The smallest absolute Gasteiger partial charge is 0.0510 e. The summed E-state index contributed by atoms with van der Waals surface area (Å²) in [6.45, 7) is 5.39. The molecule has 0 spiro atoms. The van der Waals surface area contributed by atoms with Crippen molar-refractivity contribution in [1.29, 1.82) is 0 Å². The standard InChI is InChI=1S/C14H20N2/c1-10-7-11(2)14-13(8-10)12(5-6-15-3)9-16(14)4/h7-9,15H,5-6H2,1-4H3. The van der Waals surface area contributed by atoms with E-state index in [-0.39, 0.29) is 0 Å². The quantitative estimate of drug-likeness (QED) is 0.834. The normalized spacial score (nSPS) is 11.2. The molecule has 0 aliphatic rings. The molecule has 2 rings (SSSR count). The summed E-state index contributed by atoms with van der Waals surface area (Å²) < 4.78 is 2.25. The molecule has 0 saturated heterocycles. The predicted molar refractivity (Wildman–Crippen MR) is 70.0 cm³/mol. The first-order chi connectivity index (χ1) is 7.63. The second-order valence-electron chi connectivity index (χ2n) is 4.60. The molecule has 0 amide bonds. The van der Waals surface area contributed by atoms with E-state index < -0.39 is 0 Å². The molecule has 2 heteroatoms. The van der Waals surface area contributed by atoms with Gasteiger partial charge in [0.05, 0.1) is 5.52 Å². The largest absolute Gasteiger partial charge is 0.350 e. The topological polar surface area (TPSA) is 17.0 Å². The van der Waals surface area contributed by atoms with E-state index >= 15 is 0 Å². The van der Waals surface area contributed by atoms with Crippen LogP contribution in [-0.4, -0.2) is 18.2 Å². The van der Waals surface area contributed by atoms with Crippen LogP contribution in [0.1, 0.15) is 16.7 Å². The van der Waals surface area contributed by atoms with Gasteiger partial charge in [-0.25, -0.2) is 0 Å². The Kier molecular flexibility index (Phi) is 3.01. The van der Waals surface area contributed by atoms with Gasteiger partial charge in [-0.15, -0.1) is 0 Å². The Labute approximate surface area is 97.3 Å². The fourth-order valence-corrected chi connectivity index (χ4v) is 2.50. The van der Waals surface area contributed by atoms with E-state index in [9.17, 15) is 0 Å². The van der Waals surface area contributed by atoms with Crippen LogP contribution in [-0.2, 0) is 13.5 Å². The zero-order valence-corrected chi connectivity index (χ0v) is 10.6. The minimum absolute atomic E-state index is 1.03. The van der Waals surface area contributed by atoms with Crippen molar-refractivity contribution >= 4 is 10.9 Å². The van der Waals surface area contributed by atoms with Crippen LogP contribution >= 0.6 is 0 Å². The van der Waals surface area contributed by atoms with Crippen molar-refractivity contribution in [2.24, 2.45) is 7.05 Å². The number of hydrogen-bond acceptors (Lipinski definition) is 1. The summed E-state index contributed by atoms with van der Waals surface area (Å²) in [6.07, 6.45) is 3.35. The lowest BCUT2D eigenvalue weighted by Crippen LogP contribution is -2.09. The summed E-state index contributed by atoms with van der Waals surface area (Å²) in [6, 6.07) is 4.55. The molecule has 1 N–H and O–H groups in total. The van der Waals surface area contributed by atoms with Gasteiger partial charge in [0.2, 0.25) is 0 Å². The highest BCUT2D eigenvalue weighted by Crippen LogP contribution is 2.25. The lowest BCUT2D eigenvalue weighted by Gasteiger charge is -2.03. The lowest BCUT2D eigenvalue weighted by molar-refractivity contribution is 0.791. The maximum Gasteiger partial charge on any atom is 0.0510 e. The van der Waals surface area contributed by atoms with Gasteiger partial charge in [-0.1, -0.05) is 11.6 Å². The molecule has 1 aromatic heterocycles. The number of fused-ring (bicyclic) bond motifs is 1. The Morgan fingerprint density at radius 3 is 2.69 bits per heavy atom. The van der Waals surface area contributed by atoms with Crippen LogP contribution in [0.4, 0.5) is 0 Å². The number of benzene rings is 1. The summed E-state index contributed by atoms with van der Waals surface area (Å²) in [5.74, 6) is 0. The Morgan fingerprint density at radius 2 is 2.00 bits per heavy atom. The average Bonchev–Trinajstić information content (AvgIpc) is 2.52. The van der Waals surface area contributed by atoms with Gasteiger partial charge in [0, 0.05) is 18.6 Å². The minimum atomic E-state index is 1.03. The number of nitrogens with zero attached hydrogens (tertiary/aromatic N) is 1. The van der Waals surface area contributed by atoms with Crippen molar-refractivity contribution < 1.29 is 0 Å². The van der Waals surface area contributed by atoms with Gasteiger partial charge in [-0.2, -0.15) is 0 Å². The lowest BCUT2D eigenvalue weighted by atomic mass is 10.0. The average molecular weight is 216 g/mol. The van der Waals surface area contributed by atoms with E-state index in [2.05, 4.69) is 49.1 Å². The summed E-state index contributed by atoms with van der Waals surface area (Å²) >= 11 is 0. The van der Waals surface area contributed by atoms with Gasteiger partial charge in [-0.3, -0.25) is 0 Å². The van der Waals surface area contributed by atoms with Crippen LogP contribution < -0.4 is 5.32 Å². The molecule has 0 unspecified atom stereocenters. The molecule has 16 heavy (non-hydrogen) atoms. The molecule has 0 aliphatic carbocycles. The maximum absolute atomic E-state index is 3.21. The van der Waals surface area contributed by atoms with Crippen molar-refractivity contribution in [2.75, 3.05) is 13.6 Å². The van der Waals surface area contributed by atoms with E-state index in [1.165, 1.54) is 27.6 Å². The highest BCUT2D eigenvalue weighted by atomic mass is 14.9. The van der Waals surface area contributed by atoms with Crippen molar-refractivity contribution in [3.63, 3.8) is 0 Å². The first kappa shape index (κ1) is 11.2. The summed E-state index contributed by atoms with van der Waals surface area (Å²) in [7, 11) is 4.13. The molecule has 1 heterocycles. The summed E-state index contributed by atoms with van der Waals surface area (Å²) in [5, 5.41) is 4.62. The molecule has 0 fully saturated rings. The molecule has 0 saturated carbocycles. The van der Waals surface area contributed by atoms with Crippen LogP contribution in [0.15, 0.2) is 18.3 Å². The Bertz CT molecular complexity index is 509. The van der Waals surface area contributed by atoms with Gasteiger partial charge >= 0.3 is 0 Å². The van der Waals surface area contributed by atoms with Gasteiger partial charge in [0.15, 0.2) is 0 Å². The molecule has 0 aliphatic heterocycles. The van der Waals surface area contributed by atoms with Crippen LogP contribution in [0.5, 0.6) is 0 Å². The molecule has 2 aromatic rings. The van der Waals surface area contributed by atoms with Gasteiger partial charge in [-0.05, 0) is 51.1 Å². The molecule has 1 aromatic carbocycles. The molecule has 0 bridgehead atoms. The van der Waals surface area contributed by atoms with Gasteiger partial charge in [0.25, 0.3) is 0 Å². The minimum Gasteiger partial charge on any atom is -0.350 e. The Balaban J connectivity index is 2.59. The van der Waals surface area contributed by atoms with Crippen LogP contribution in [0.3, 0.4) is 0 Å². The second-order valence-corrected chi connectivity index (χ2v) is 4.60. The summed E-state index contributed by atoms with van der Waals surface area (Å²) in [5.41, 5.74) is 5.53. The van der Waals surface area contributed by atoms with E-state index in [1.807, 2.05) is 7.05 Å². The third-order valence-corrected chi connectivity index (χ3v) is 3.14. The highest BCUT2D eigenvalue weighted by Gasteiger charge is 2.08. The Morgan fingerprint density at radius 1 is 1.25 bits per heavy atom. The van der Waals surface area contributed by atoms with Crippen molar-refractivity contribution in [3.05, 3.63) is 35.0 Å². The third-order valence-electron chi connectivity index (χ3n) is 3.14. The van der Waals surface area contributed by atoms with E-state index in [0.29, 0.717) is 0 Å². The first-order valence-electron chi connectivity index (χ1n) is 5.83. The van der Waals surface area contributed by atoms with E-state index in [1.54, 1.807) is 0 Å². The van der Waals surface area contributed by atoms with Gasteiger partial charge < -0.3 is 9.88 Å². The predicted octanol–water partition coefficient (Wildman–Crippen LogP) is 2.56. The van der Waals surface area contributed by atoms with Crippen LogP contribution in [0, 0.1) is 13.8 Å². The molecule has 0 radical (unpaired) electrons. The molecule has 2 nitrogen and oxygen atoms in total. The highest BCUT2D eigenvalue weighted by molar-refractivity contribution is 5.87. The first-order valence-corrected chi connectivity index (χ1v) is 5.83. The zero-order valence-electron chi connectivity index (χ0n) is 10.6. The van der Waals surface area contributed by atoms with Crippen molar-refractivity contribution in [1.82, 2.24) is 9.88 Å². The van der Waals surface area contributed by atoms with E-state index in [4.69, 9.17) is 0 Å². The van der Waals surface area contributed by atoms with Crippen LogP contribution in [0.25, 0.3) is 10.9 Å². The number of rotatable bonds is 3. The third kappa shape index (κ3) is 1.85. The number of aryl methyl sites for hydroxylation is 3. The molecular weight excluding hydrogens is 196 g/mol. The fourth-order valence-electron chi connectivity index (χ4n) is 2.50. The number of likely N-dealkylation sites (N-methyl/N-ethyl adjacent to an activating group) is 1. The number of aromatic nitrogens is 1. The van der Waals surface area contributed by atoms with Crippen molar-refractivity contribution in [2.45, 2.75) is 20.3 Å². The van der Waals surface area contributed by atoms with Crippen LogP contribution in [0.2, 0.25) is 0 Å². The van der Waals surface area contributed by atoms with Crippen molar-refractivity contribution in [3.8, 4) is 0 Å². The van der Waals surface area contributed by atoms with Gasteiger partial charge in [0.1, 0.15) is 0 Å². The van der Waals surface area contributed by atoms with E-state index in [0.717, 1.165) is 13.0 Å². The number of nitrogens with one attached hydrogen (secondary N) is 1. The monoisotopic (exact) mass is 216 g/mol. The molecule has 86 valence electrons. The molecular formula is C14H20N2. The fraction of sp³-hybridized carbons (Fsp3) is 0.429. The SMILES string of the molecule is CNCCc1cn(C)c2c(C)cc(C)cc12. The maximum atomic E-state index is 3.21. The molecule has 0 atom stereocenters. The Hall–Kier alpha value is -1.28.